The largest absolute Gasteiger partial charge is 0.452 e. The SMILES string of the molecule is Cc1ccc(C)c(N2C(=O)c3ccc(C(=O)OCC(=O)N4CCCC4)cc3C2=O)c1. The first-order chi connectivity index (χ1) is 14.4. The van der Waals surface area contributed by atoms with Gasteiger partial charge in [0.05, 0.1) is 22.4 Å². The molecule has 2 aliphatic rings. The quantitative estimate of drug-likeness (QED) is 0.576. The zero-order valence-electron chi connectivity index (χ0n) is 16.9. The molecule has 0 N–H and O–H groups in total. The molecule has 0 aliphatic carbocycles. The Morgan fingerprint density at radius 1 is 0.933 bits per heavy atom. The Morgan fingerprint density at radius 3 is 2.37 bits per heavy atom. The molecule has 154 valence electrons. The van der Waals surface area contributed by atoms with Crippen LogP contribution in [0.1, 0.15) is 55.0 Å². The van der Waals surface area contributed by atoms with Crippen molar-refractivity contribution in [3.63, 3.8) is 0 Å². The summed E-state index contributed by atoms with van der Waals surface area (Å²) < 4.78 is 5.13. The third kappa shape index (κ3) is 3.47. The van der Waals surface area contributed by atoms with Crippen molar-refractivity contribution in [2.45, 2.75) is 26.7 Å². The number of amides is 3. The van der Waals surface area contributed by atoms with Crippen molar-refractivity contribution in [2.24, 2.45) is 0 Å². The lowest BCUT2D eigenvalue weighted by Gasteiger charge is -2.17. The molecule has 4 rings (SSSR count). The maximum Gasteiger partial charge on any atom is 0.338 e. The highest BCUT2D eigenvalue weighted by Gasteiger charge is 2.38. The molecule has 1 fully saturated rings. The van der Waals surface area contributed by atoms with E-state index in [-0.39, 0.29) is 29.2 Å². The van der Waals surface area contributed by atoms with E-state index < -0.39 is 17.8 Å². The monoisotopic (exact) mass is 406 g/mol. The summed E-state index contributed by atoms with van der Waals surface area (Å²) in [5.41, 5.74) is 2.79. The maximum atomic E-state index is 13.0. The number of nitrogens with zero attached hydrogens (tertiary/aromatic N) is 2. The van der Waals surface area contributed by atoms with E-state index in [0.29, 0.717) is 18.8 Å². The van der Waals surface area contributed by atoms with Crippen LogP contribution in [0, 0.1) is 13.8 Å². The fourth-order valence-electron chi connectivity index (χ4n) is 3.82. The number of esters is 1. The van der Waals surface area contributed by atoms with Crippen LogP contribution >= 0.6 is 0 Å². The van der Waals surface area contributed by atoms with Gasteiger partial charge >= 0.3 is 5.97 Å². The van der Waals surface area contributed by atoms with Crippen LogP contribution in [0.25, 0.3) is 0 Å². The summed E-state index contributed by atoms with van der Waals surface area (Å²) in [6, 6.07) is 9.82. The minimum absolute atomic E-state index is 0.131. The Morgan fingerprint density at radius 2 is 1.63 bits per heavy atom. The summed E-state index contributed by atoms with van der Waals surface area (Å²) in [6.45, 7) is 4.74. The van der Waals surface area contributed by atoms with Crippen LogP contribution in [0.3, 0.4) is 0 Å². The van der Waals surface area contributed by atoms with Crippen molar-refractivity contribution >= 4 is 29.4 Å². The molecule has 0 saturated carbocycles. The van der Waals surface area contributed by atoms with Crippen LogP contribution in [0.5, 0.6) is 0 Å². The molecule has 0 spiro atoms. The average Bonchev–Trinajstić information content (AvgIpc) is 3.36. The molecule has 1 saturated heterocycles. The molecule has 2 heterocycles. The maximum absolute atomic E-state index is 13.0. The van der Waals surface area contributed by atoms with E-state index in [0.717, 1.165) is 28.9 Å². The molecule has 3 amide bonds. The van der Waals surface area contributed by atoms with E-state index in [9.17, 15) is 19.2 Å². The van der Waals surface area contributed by atoms with Gasteiger partial charge in [0.2, 0.25) is 0 Å². The van der Waals surface area contributed by atoms with Crippen LogP contribution < -0.4 is 4.90 Å². The van der Waals surface area contributed by atoms with E-state index in [4.69, 9.17) is 4.74 Å². The third-order valence-electron chi connectivity index (χ3n) is 5.51. The van der Waals surface area contributed by atoms with E-state index in [1.165, 1.54) is 18.2 Å². The highest BCUT2D eigenvalue weighted by molar-refractivity contribution is 6.35. The summed E-state index contributed by atoms with van der Waals surface area (Å²) in [5.74, 6) is -1.83. The van der Waals surface area contributed by atoms with Crippen molar-refractivity contribution in [2.75, 3.05) is 24.6 Å². The molecule has 30 heavy (non-hydrogen) atoms. The fourth-order valence-corrected chi connectivity index (χ4v) is 3.82. The number of benzene rings is 2. The minimum Gasteiger partial charge on any atom is -0.452 e. The number of anilines is 1. The first-order valence-corrected chi connectivity index (χ1v) is 9.92. The van der Waals surface area contributed by atoms with Crippen LogP contribution in [0.15, 0.2) is 36.4 Å². The topological polar surface area (TPSA) is 84.0 Å². The number of aryl methyl sites for hydroxylation is 2. The highest BCUT2D eigenvalue weighted by atomic mass is 16.5. The number of rotatable bonds is 4. The summed E-state index contributed by atoms with van der Waals surface area (Å²) in [7, 11) is 0. The Hall–Kier alpha value is -3.48. The van der Waals surface area contributed by atoms with Crippen molar-refractivity contribution in [3.8, 4) is 0 Å². The van der Waals surface area contributed by atoms with Gasteiger partial charge in [-0.2, -0.15) is 0 Å². The first-order valence-electron chi connectivity index (χ1n) is 9.92. The molecule has 0 bridgehead atoms. The minimum atomic E-state index is -0.698. The fraction of sp³-hybridized carbons (Fsp3) is 0.304. The van der Waals surface area contributed by atoms with E-state index in [2.05, 4.69) is 0 Å². The molecular formula is C23H22N2O5. The normalized spacial score (nSPS) is 15.5. The second-order valence-corrected chi connectivity index (χ2v) is 7.66. The van der Waals surface area contributed by atoms with Crippen molar-refractivity contribution in [1.82, 2.24) is 4.90 Å². The molecule has 0 unspecified atom stereocenters. The number of carbonyl (C=O) groups is 4. The highest BCUT2D eigenvalue weighted by Crippen LogP contribution is 2.31. The van der Waals surface area contributed by atoms with E-state index in [1.807, 2.05) is 26.0 Å². The van der Waals surface area contributed by atoms with Gasteiger partial charge in [0.25, 0.3) is 17.7 Å². The zero-order valence-corrected chi connectivity index (χ0v) is 16.9. The number of likely N-dealkylation sites (tertiary alicyclic amines) is 1. The number of hydrogen-bond acceptors (Lipinski definition) is 5. The van der Waals surface area contributed by atoms with Gasteiger partial charge in [0, 0.05) is 13.1 Å². The van der Waals surface area contributed by atoms with Gasteiger partial charge < -0.3 is 9.64 Å². The van der Waals surface area contributed by atoms with Crippen LogP contribution in [-0.2, 0) is 9.53 Å². The van der Waals surface area contributed by atoms with E-state index >= 15 is 0 Å². The Labute approximate surface area is 174 Å². The lowest BCUT2D eigenvalue weighted by Crippen LogP contribution is -2.32. The number of fused-ring (bicyclic) bond motifs is 1. The summed E-state index contributed by atoms with van der Waals surface area (Å²) in [5, 5.41) is 0. The number of ether oxygens (including phenoxy) is 1. The van der Waals surface area contributed by atoms with Crippen molar-refractivity contribution in [1.29, 1.82) is 0 Å². The number of imide groups is 1. The van der Waals surface area contributed by atoms with Crippen molar-refractivity contribution in [3.05, 3.63) is 64.2 Å². The summed E-state index contributed by atoms with van der Waals surface area (Å²) in [6.07, 6.45) is 1.91. The molecule has 7 nitrogen and oxygen atoms in total. The predicted octanol–water partition coefficient (Wildman–Crippen LogP) is 2.88. The van der Waals surface area contributed by atoms with Crippen molar-refractivity contribution < 1.29 is 23.9 Å². The summed E-state index contributed by atoms with van der Waals surface area (Å²) >= 11 is 0. The lowest BCUT2D eigenvalue weighted by molar-refractivity contribution is -0.133. The first kappa shape index (κ1) is 19.8. The van der Waals surface area contributed by atoms with Gasteiger partial charge in [0.15, 0.2) is 6.61 Å². The molecule has 0 aromatic heterocycles. The molecule has 2 aromatic rings. The Balaban J connectivity index is 1.53. The van der Waals surface area contributed by atoms with Gasteiger partial charge in [0.1, 0.15) is 0 Å². The van der Waals surface area contributed by atoms with Gasteiger partial charge in [-0.3, -0.25) is 14.4 Å². The smallest absolute Gasteiger partial charge is 0.338 e. The molecule has 0 atom stereocenters. The van der Waals surface area contributed by atoms with Gasteiger partial charge in [-0.25, -0.2) is 9.69 Å². The third-order valence-corrected chi connectivity index (χ3v) is 5.51. The standard InChI is InChI=1S/C23H22N2O5/c1-14-5-6-15(2)19(11-14)25-21(27)17-8-7-16(12-18(17)22(25)28)23(29)30-13-20(26)24-9-3-4-10-24/h5-8,11-12H,3-4,9-10,13H2,1-2H3. The van der Waals surface area contributed by atoms with Crippen LogP contribution in [0.4, 0.5) is 5.69 Å². The molecule has 0 radical (unpaired) electrons. The molecule has 2 aliphatic heterocycles. The number of hydrogen-bond donors (Lipinski definition) is 0. The predicted molar refractivity (Wildman–Crippen MR) is 110 cm³/mol. The Bertz CT molecular complexity index is 1070. The van der Waals surface area contributed by atoms with Gasteiger partial charge in [-0.05, 0) is 62.1 Å². The number of carbonyl (C=O) groups excluding carboxylic acids is 4. The van der Waals surface area contributed by atoms with Crippen LogP contribution in [-0.4, -0.2) is 48.3 Å². The summed E-state index contributed by atoms with van der Waals surface area (Å²) in [4.78, 5) is 53.1. The average molecular weight is 406 g/mol. The second-order valence-electron chi connectivity index (χ2n) is 7.66. The molecule has 2 aromatic carbocycles. The van der Waals surface area contributed by atoms with E-state index in [1.54, 1.807) is 11.0 Å². The second kappa shape index (κ2) is 7.74. The molecular weight excluding hydrogens is 384 g/mol. The zero-order chi connectivity index (χ0) is 21.4. The van der Waals surface area contributed by atoms with Gasteiger partial charge in [-0.1, -0.05) is 12.1 Å². The molecule has 7 heteroatoms. The van der Waals surface area contributed by atoms with Crippen LogP contribution in [0.2, 0.25) is 0 Å². The Kier molecular flexibility index (Phi) is 5.11. The van der Waals surface area contributed by atoms with Gasteiger partial charge in [-0.15, -0.1) is 0 Å². The lowest BCUT2D eigenvalue weighted by atomic mass is 10.1.